The first kappa shape index (κ1) is 29.3. The highest BCUT2D eigenvalue weighted by Crippen LogP contribution is 2.37. The van der Waals surface area contributed by atoms with Crippen LogP contribution in [0.1, 0.15) is 62.3 Å². The van der Waals surface area contributed by atoms with E-state index in [1.807, 2.05) is 6.92 Å². The molecule has 5 rings (SSSR count). The van der Waals surface area contributed by atoms with Gasteiger partial charge in [0.05, 0.1) is 19.8 Å². The largest absolute Gasteiger partial charge is 0.493 e. The smallest absolute Gasteiger partial charge is 0.320 e. The van der Waals surface area contributed by atoms with Crippen LogP contribution in [0, 0.1) is 13.8 Å². The topological polar surface area (TPSA) is 42.0 Å². The van der Waals surface area contributed by atoms with E-state index in [0.717, 1.165) is 44.8 Å². The highest BCUT2D eigenvalue weighted by molar-refractivity contribution is 5.81. The molecular formula is C36H46N2O3. The van der Waals surface area contributed by atoms with Gasteiger partial charge in [0.15, 0.2) is 0 Å². The highest BCUT2D eigenvalue weighted by atomic mass is 16.5. The summed E-state index contributed by atoms with van der Waals surface area (Å²) >= 11 is 0. The van der Waals surface area contributed by atoms with E-state index in [0.29, 0.717) is 25.2 Å². The van der Waals surface area contributed by atoms with E-state index >= 15 is 0 Å². The quantitative estimate of drug-likeness (QED) is 0.196. The standard InChI is InChI=1S/C36H46N2O3/c1-6-40-36(39)24-37-20-18-29-22-30(16-17-31(29)23-37)32-10-7-11-33(27(32)4)34-12-8-13-35(28(34)5)41-21-9-19-38-25(2)14-15-26(38)3/h7-8,10-13,16-17,22,25-26H,6,9,14-15,18-21,23-24H2,1-5H3/t25-,26-/m1/s1. The molecule has 0 aliphatic carbocycles. The van der Waals surface area contributed by atoms with Gasteiger partial charge in [0, 0.05) is 31.7 Å². The second-order valence-corrected chi connectivity index (χ2v) is 11.9. The van der Waals surface area contributed by atoms with Crippen LogP contribution in [0.5, 0.6) is 5.75 Å². The van der Waals surface area contributed by atoms with Crippen molar-refractivity contribution in [2.45, 2.75) is 78.9 Å². The fourth-order valence-corrected chi connectivity index (χ4v) is 6.72. The van der Waals surface area contributed by atoms with Crippen LogP contribution in [-0.2, 0) is 22.5 Å². The Morgan fingerprint density at radius 3 is 2.37 bits per heavy atom. The predicted molar refractivity (Wildman–Crippen MR) is 167 cm³/mol. The zero-order valence-corrected chi connectivity index (χ0v) is 25.5. The maximum Gasteiger partial charge on any atom is 0.320 e. The summed E-state index contributed by atoms with van der Waals surface area (Å²) in [5.41, 5.74) is 10.1. The number of esters is 1. The fraction of sp³-hybridized carbons (Fsp3) is 0.472. The molecule has 1 saturated heterocycles. The van der Waals surface area contributed by atoms with Crippen molar-refractivity contribution in [3.05, 3.63) is 76.9 Å². The molecule has 0 spiro atoms. The summed E-state index contributed by atoms with van der Waals surface area (Å²) in [4.78, 5) is 16.8. The Morgan fingerprint density at radius 1 is 0.902 bits per heavy atom. The van der Waals surface area contributed by atoms with E-state index in [9.17, 15) is 4.79 Å². The Hall–Kier alpha value is -3.15. The third-order valence-electron chi connectivity index (χ3n) is 9.13. The number of benzene rings is 3. The van der Waals surface area contributed by atoms with E-state index in [1.54, 1.807) is 0 Å². The van der Waals surface area contributed by atoms with Crippen LogP contribution in [0.2, 0.25) is 0 Å². The minimum absolute atomic E-state index is 0.142. The van der Waals surface area contributed by atoms with Gasteiger partial charge in [-0.15, -0.1) is 0 Å². The van der Waals surface area contributed by atoms with E-state index in [4.69, 9.17) is 9.47 Å². The number of carbonyl (C=O) groups excluding carboxylic acids is 1. The molecule has 0 radical (unpaired) electrons. The summed E-state index contributed by atoms with van der Waals surface area (Å²) in [6, 6.07) is 21.2. The van der Waals surface area contributed by atoms with Crippen LogP contribution in [0.25, 0.3) is 22.3 Å². The maximum absolute atomic E-state index is 12.0. The predicted octanol–water partition coefficient (Wildman–Crippen LogP) is 7.20. The Labute approximate surface area is 246 Å². The molecule has 2 atom stereocenters. The molecule has 3 aromatic rings. The molecule has 0 aromatic heterocycles. The third-order valence-corrected chi connectivity index (χ3v) is 9.13. The van der Waals surface area contributed by atoms with Crippen LogP contribution in [0.3, 0.4) is 0 Å². The monoisotopic (exact) mass is 554 g/mol. The van der Waals surface area contributed by atoms with Crippen molar-refractivity contribution in [1.29, 1.82) is 0 Å². The van der Waals surface area contributed by atoms with Crippen LogP contribution < -0.4 is 4.74 Å². The van der Waals surface area contributed by atoms with Crippen molar-refractivity contribution in [1.82, 2.24) is 9.80 Å². The van der Waals surface area contributed by atoms with Gasteiger partial charge in [-0.05, 0) is 111 Å². The number of hydrogen-bond donors (Lipinski definition) is 0. The van der Waals surface area contributed by atoms with Crippen molar-refractivity contribution in [2.75, 3.05) is 32.8 Å². The van der Waals surface area contributed by atoms with Gasteiger partial charge >= 0.3 is 5.97 Å². The summed E-state index contributed by atoms with van der Waals surface area (Å²) in [5.74, 6) is 0.840. The van der Waals surface area contributed by atoms with Gasteiger partial charge in [0.25, 0.3) is 0 Å². The van der Waals surface area contributed by atoms with Crippen molar-refractivity contribution in [3.63, 3.8) is 0 Å². The van der Waals surface area contributed by atoms with Crippen molar-refractivity contribution in [3.8, 4) is 28.0 Å². The first-order valence-corrected chi connectivity index (χ1v) is 15.4. The normalized spacial score (nSPS) is 19.2. The SMILES string of the molecule is CCOC(=O)CN1CCc2cc(-c3cccc(-c4cccc(OCCCN5[C@H](C)CC[C@H]5C)c4C)c3C)ccc2C1. The average Bonchev–Trinajstić information content (AvgIpc) is 3.28. The number of fused-ring (bicyclic) bond motifs is 1. The van der Waals surface area contributed by atoms with E-state index in [-0.39, 0.29) is 5.97 Å². The van der Waals surface area contributed by atoms with Gasteiger partial charge in [-0.1, -0.05) is 48.5 Å². The Morgan fingerprint density at radius 2 is 1.61 bits per heavy atom. The second kappa shape index (κ2) is 13.2. The summed E-state index contributed by atoms with van der Waals surface area (Å²) < 4.78 is 11.5. The number of hydrogen-bond acceptors (Lipinski definition) is 5. The summed E-state index contributed by atoms with van der Waals surface area (Å²) in [6.07, 6.45) is 4.60. The van der Waals surface area contributed by atoms with Crippen LogP contribution >= 0.6 is 0 Å². The summed E-state index contributed by atoms with van der Waals surface area (Å²) in [6.45, 7) is 15.3. The molecule has 5 nitrogen and oxygen atoms in total. The zero-order chi connectivity index (χ0) is 28.9. The molecule has 0 N–H and O–H groups in total. The summed E-state index contributed by atoms with van der Waals surface area (Å²) in [5, 5.41) is 0. The lowest BCUT2D eigenvalue weighted by Gasteiger charge is -2.28. The van der Waals surface area contributed by atoms with Gasteiger partial charge in [-0.25, -0.2) is 0 Å². The second-order valence-electron chi connectivity index (χ2n) is 11.9. The van der Waals surface area contributed by atoms with Crippen molar-refractivity contribution >= 4 is 5.97 Å². The lowest BCUT2D eigenvalue weighted by Crippen LogP contribution is -2.35. The molecule has 0 bridgehead atoms. The number of carbonyl (C=O) groups is 1. The van der Waals surface area contributed by atoms with Gasteiger partial charge in [-0.3, -0.25) is 14.6 Å². The van der Waals surface area contributed by atoms with Crippen LogP contribution in [0.15, 0.2) is 54.6 Å². The first-order chi connectivity index (χ1) is 19.9. The number of rotatable bonds is 10. The van der Waals surface area contributed by atoms with Gasteiger partial charge in [-0.2, -0.15) is 0 Å². The molecule has 0 saturated carbocycles. The van der Waals surface area contributed by atoms with Gasteiger partial charge in [0.1, 0.15) is 5.75 Å². The molecular weight excluding hydrogens is 508 g/mol. The highest BCUT2D eigenvalue weighted by Gasteiger charge is 2.26. The van der Waals surface area contributed by atoms with Gasteiger partial charge < -0.3 is 9.47 Å². The maximum atomic E-state index is 12.0. The molecule has 41 heavy (non-hydrogen) atoms. The molecule has 218 valence electrons. The number of nitrogens with zero attached hydrogens (tertiary/aromatic N) is 2. The minimum atomic E-state index is -0.142. The zero-order valence-electron chi connectivity index (χ0n) is 25.5. The molecule has 0 unspecified atom stereocenters. The molecule has 2 heterocycles. The lowest BCUT2D eigenvalue weighted by atomic mass is 9.88. The molecule has 2 aliphatic rings. The average molecular weight is 555 g/mol. The van der Waals surface area contributed by atoms with Crippen molar-refractivity contribution in [2.24, 2.45) is 0 Å². The Kier molecular flexibility index (Phi) is 9.46. The fourth-order valence-electron chi connectivity index (χ4n) is 6.72. The van der Waals surface area contributed by atoms with Crippen LogP contribution in [-0.4, -0.2) is 60.7 Å². The van der Waals surface area contributed by atoms with E-state index in [2.05, 4.69) is 92.1 Å². The number of likely N-dealkylation sites (tertiary alicyclic amines) is 1. The molecule has 2 aliphatic heterocycles. The Balaban J connectivity index is 1.29. The molecule has 3 aromatic carbocycles. The first-order valence-electron chi connectivity index (χ1n) is 15.4. The lowest BCUT2D eigenvalue weighted by molar-refractivity contribution is -0.144. The number of ether oxygens (including phenoxy) is 2. The Bertz CT molecular complexity index is 1360. The minimum Gasteiger partial charge on any atom is -0.493 e. The molecule has 5 heteroatoms. The van der Waals surface area contributed by atoms with Crippen LogP contribution in [0.4, 0.5) is 0 Å². The summed E-state index contributed by atoms with van der Waals surface area (Å²) in [7, 11) is 0. The molecule has 0 amide bonds. The van der Waals surface area contributed by atoms with E-state index < -0.39 is 0 Å². The third kappa shape index (κ3) is 6.68. The van der Waals surface area contributed by atoms with Gasteiger partial charge in [0.2, 0.25) is 0 Å². The van der Waals surface area contributed by atoms with E-state index in [1.165, 1.54) is 57.3 Å². The van der Waals surface area contributed by atoms with Crippen molar-refractivity contribution < 1.29 is 14.3 Å². The molecule has 1 fully saturated rings.